The number of halogens is 1. The van der Waals surface area contributed by atoms with Crippen LogP contribution >= 0.6 is 11.8 Å². The smallest absolute Gasteiger partial charge is 0.191 e. The van der Waals surface area contributed by atoms with E-state index in [2.05, 4.69) is 14.8 Å². The molecule has 0 amide bonds. The second-order valence-electron chi connectivity index (χ2n) is 6.21. The molecular weight excluding hydrogens is 311 g/mol. The van der Waals surface area contributed by atoms with Gasteiger partial charge in [0, 0.05) is 38.4 Å². The van der Waals surface area contributed by atoms with E-state index in [1.54, 1.807) is 0 Å². The number of anilines is 1. The maximum atomic E-state index is 13.0. The molecule has 2 aliphatic heterocycles. The summed E-state index contributed by atoms with van der Waals surface area (Å²) >= 11 is 2.04. The average Bonchev–Trinajstić information content (AvgIpc) is 2.61. The van der Waals surface area contributed by atoms with Crippen molar-refractivity contribution in [2.24, 2.45) is 16.6 Å². The van der Waals surface area contributed by atoms with E-state index < -0.39 is 0 Å². The molecule has 3 rings (SSSR count). The minimum atomic E-state index is -0.190. The maximum Gasteiger partial charge on any atom is 0.191 e. The molecule has 23 heavy (non-hydrogen) atoms. The summed E-state index contributed by atoms with van der Waals surface area (Å²) in [4.78, 5) is 9.05. The van der Waals surface area contributed by atoms with Crippen molar-refractivity contribution in [1.29, 1.82) is 0 Å². The normalized spacial score (nSPS) is 20.8. The van der Waals surface area contributed by atoms with Crippen LogP contribution in [0.25, 0.3) is 0 Å². The van der Waals surface area contributed by atoms with Crippen LogP contribution in [0.1, 0.15) is 12.8 Å². The van der Waals surface area contributed by atoms with E-state index in [1.165, 1.54) is 36.5 Å². The summed E-state index contributed by atoms with van der Waals surface area (Å²) in [7, 11) is 0. The van der Waals surface area contributed by atoms with Crippen LogP contribution in [-0.2, 0) is 0 Å². The van der Waals surface area contributed by atoms with Crippen LogP contribution in [0.3, 0.4) is 0 Å². The van der Waals surface area contributed by atoms with Crippen LogP contribution < -0.4 is 10.6 Å². The van der Waals surface area contributed by atoms with Crippen molar-refractivity contribution in [3.05, 3.63) is 30.1 Å². The number of nitrogens with two attached hydrogens (primary N) is 1. The van der Waals surface area contributed by atoms with E-state index in [4.69, 9.17) is 5.73 Å². The number of benzene rings is 1. The molecule has 0 aliphatic carbocycles. The molecule has 2 N–H and O–H groups in total. The van der Waals surface area contributed by atoms with Gasteiger partial charge in [0.15, 0.2) is 5.96 Å². The second kappa shape index (κ2) is 7.90. The highest BCUT2D eigenvalue weighted by molar-refractivity contribution is 7.99. The molecule has 0 bridgehead atoms. The first kappa shape index (κ1) is 16.4. The predicted molar refractivity (Wildman–Crippen MR) is 96.7 cm³/mol. The van der Waals surface area contributed by atoms with Crippen molar-refractivity contribution in [3.8, 4) is 0 Å². The van der Waals surface area contributed by atoms with Gasteiger partial charge in [-0.25, -0.2) is 4.39 Å². The van der Waals surface area contributed by atoms with E-state index in [0.29, 0.717) is 11.9 Å². The van der Waals surface area contributed by atoms with Crippen LogP contribution in [0.4, 0.5) is 10.1 Å². The molecule has 2 fully saturated rings. The van der Waals surface area contributed by atoms with E-state index >= 15 is 0 Å². The molecule has 2 saturated heterocycles. The zero-order chi connectivity index (χ0) is 16.1. The molecule has 1 aromatic carbocycles. The Hall–Kier alpha value is -1.43. The maximum absolute atomic E-state index is 13.0. The molecular formula is C17H25FN4S. The number of hydrogen-bond acceptors (Lipinski definition) is 3. The van der Waals surface area contributed by atoms with Gasteiger partial charge in [-0.05, 0) is 54.5 Å². The highest BCUT2D eigenvalue weighted by Crippen LogP contribution is 2.23. The molecule has 0 saturated carbocycles. The zero-order valence-corrected chi connectivity index (χ0v) is 14.3. The highest BCUT2D eigenvalue weighted by atomic mass is 32.2. The lowest BCUT2D eigenvalue weighted by Crippen LogP contribution is -2.51. The van der Waals surface area contributed by atoms with Gasteiger partial charge in [0.1, 0.15) is 5.82 Å². The van der Waals surface area contributed by atoms with Crippen LogP contribution in [0, 0.1) is 11.7 Å². The lowest BCUT2D eigenvalue weighted by molar-refractivity contribution is 0.378. The summed E-state index contributed by atoms with van der Waals surface area (Å²) in [5.41, 5.74) is 7.24. The van der Waals surface area contributed by atoms with Gasteiger partial charge in [0.05, 0.1) is 0 Å². The summed E-state index contributed by atoms with van der Waals surface area (Å²) in [5.74, 6) is 3.72. The summed E-state index contributed by atoms with van der Waals surface area (Å²) in [5, 5.41) is 0. The fraction of sp³-hybridized carbons (Fsp3) is 0.588. The molecule has 0 radical (unpaired) electrons. The van der Waals surface area contributed by atoms with Crippen molar-refractivity contribution in [1.82, 2.24) is 4.90 Å². The molecule has 126 valence electrons. The Bertz CT molecular complexity index is 520. The van der Waals surface area contributed by atoms with Gasteiger partial charge in [-0.1, -0.05) is 0 Å². The summed E-state index contributed by atoms with van der Waals surface area (Å²) in [6, 6.07) is 6.70. The topological polar surface area (TPSA) is 44.9 Å². The van der Waals surface area contributed by atoms with Gasteiger partial charge in [-0.3, -0.25) is 4.99 Å². The van der Waals surface area contributed by atoms with Gasteiger partial charge in [0.25, 0.3) is 0 Å². The number of piperazine rings is 1. The van der Waals surface area contributed by atoms with E-state index in [1.807, 2.05) is 23.9 Å². The van der Waals surface area contributed by atoms with Crippen molar-refractivity contribution in [2.75, 3.05) is 49.1 Å². The molecule has 0 spiro atoms. The number of thioether (sulfide) groups is 1. The van der Waals surface area contributed by atoms with Crippen molar-refractivity contribution < 1.29 is 4.39 Å². The van der Waals surface area contributed by atoms with Crippen molar-refractivity contribution in [2.45, 2.75) is 12.8 Å². The number of nitrogens with zero attached hydrogens (tertiary/aromatic N) is 3. The molecule has 0 unspecified atom stereocenters. The Kier molecular flexibility index (Phi) is 5.65. The Labute approximate surface area is 141 Å². The van der Waals surface area contributed by atoms with Gasteiger partial charge < -0.3 is 15.5 Å². The third kappa shape index (κ3) is 4.53. The Morgan fingerprint density at radius 2 is 1.78 bits per heavy atom. The largest absolute Gasteiger partial charge is 0.370 e. The zero-order valence-electron chi connectivity index (χ0n) is 13.5. The van der Waals surface area contributed by atoms with E-state index in [9.17, 15) is 4.39 Å². The Morgan fingerprint density at radius 1 is 1.13 bits per heavy atom. The number of aliphatic imine (C=N–C) groups is 1. The number of guanidine groups is 1. The van der Waals surface area contributed by atoms with Gasteiger partial charge in [-0.15, -0.1) is 0 Å². The fourth-order valence-electron chi connectivity index (χ4n) is 3.10. The standard InChI is InChI=1S/C17H25FN4S/c18-15-1-3-16(4-2-15)21-7-9-22(10-8-21)17(19)20-13-14-5-11-23-12-6-14/h1-4,14H,5-13H2,(H2,19,20). The monoisotopic (exact) mass is 336 g/mol. The van der Waals surface area contributed by atoms with Gasteiger partial charge in [-0.2, -0.15) is 11.8 Å². The lowest BCUT2D eigenvalue weighted by Gasteiger charge is -2.36. The molecule has 0 aromatic heterocycles. The summed E-state index contributed by atoms with van der Waals surface area (Å²) in [6.07, 6.45) is 2.53. The molecule has 1 aromatic rings. The van der Waals surface area contributed by atoms with Crippen molar-refractivity contribution >= 4 is 23.4 Å². The minimum absolute atomic E-state index is 0.190. The van der Waals surface area contributed by atoms with Gasteiger partial charge in [0.2, 0.25) is 0 Å². The average molecular weight is 336 g/mol. The summed E-state index contributed by atoms with van der Waals surface area (Å²) < 4.78 is 13.0. The fourth-order valence-corrected chi connectivity index (χ4v) is 4.30. The molecule has 2 heterocycles. The SMILES string of the molecule is NC(=NCC1CCSCC1)N1CCN(c2ccc(F)cc2)CC1. The third-order valence-corrected chi connectivity index (χ3v) is 5.70. The minimum Gasteiger partial charge on any atom is -0.370 e. The molecule has 0 atom stereocenters. The lowest BCUT2D eigenvalue weighted by atomic mass is 10.0. The summed E-state index contributed by atoms with van der Waals surface area (Å²) in [6.45, 7) is 4.38. The van der Waals surface area contributed by atoms with Crippen LogP contribution in [0.15, 0.2) is 29.3 Å². The second-order valence-corrected chi connectivity index (χ2v) is 7.43. The predicted octanol–water partition coefficient (Wildman–Crippen LogP) is 2.41. The van der Waals surface area contributed by atoms with Crippen LogP contribution in [-0.4, -0.2) is 55.1 Å². The first-order chi connectivity index (χ1) is 11.2. The van der Waals surface area contributed by atoms with E-state index in [0.717, 1.165) is 38.4 Å². The molecule has 4 nitrogen and oxygen atoms in total. The van der Waals surface area contributed by atoms with Crippen LogP contribution in [0.2, 0.25) is 0 Å². The van der Waals surface area contributed by atoms with Crippen LogP contribution in [0.5, 0.6) is 0 Å². The number of hydrogen-bond donors (Lipinski definition) is 1. The first-order valence-electron chi connectivity index (χ1n) is 8.35. The van der Waals surface area contributed by atoms with Crippen molar-refractivity contribution in [3.63, 3.8) is 0 Å². The molecule has 6 heteroatoms. The highest BCUT2D eigenvalue weighted by Gasteiger charge is 2.19. The molecule has 2 aliphatic rings. The Balaban J connectivity index is 1.48. The number of rotatable bonds is 3. The quantitative estimate of drug-likeness (QED) is 0.680. The first-order valence-corrected chi connectivity index (χ1v) is 9.51. The van der Waals surface area contributed by atoms with E-state index in [-0.39, 0.29) is 5.82 Å². The Morgan fingerprint density at radius 3 is 2.43 bits per heavy atom. The third-order valence-electron chi connectivity index (χ3n) is 4.65. The van der Waals surface area contributed by atoms with Gasteiger partial charge >= 0.3 is 0 Å².